The van der Waals surface area contributed by atoms with E-state index in [9.17, 15) is 14.4 Å². The second-order valence-electron chi connectivity index (χ2n) is 7.87. The Morgan fingerprint density at radius 2 is 1.72 bits per heavy atom. The van der Waals surface area contributed by atoms with Crippen molar-refractivity contribution in [2.75, 3.05) is 19.6 Å². The van der Waals surface area contributed by atoms with Gasteiger partial charge in [0.2, 0.25) is 17.7 Å². The third-order valence-corrected chi connectivity index (χ3v) is 4.99. The average molecular weight is 351 g/mol. The third-order valence-electron chi connectivity index (χ3n) is 4.99. The lowest BCUT2D eigenvalue weighted by molar-refractivity contribution is -0.135. The van der Waals surface area contributed by atoms with E-state index in [1.165, 1.54) is 0 Å². The number of rotatable bonds is 8. The Balaban J connectivity index is 1.93. The Labute approximate surface area is 151 Å². The molecule has 1 heterocycles. The van der Waals surface area contributed by atoms with Gasteiger partial charge in [-0.05, 0) is 43.9 Å². The number of piperidine rings is 1. The lowest BCUT2D eigenvalue weighted by atomic mass is 9.88. The molecule has 25 heavy (non-hydrogen) atoms. The van der Waals surface area contributed by atoms with Crippen molar-refractivity contribution in [3.8, 4) is 0 Å². The summed E-state index contributed by atoms with van der Waals surface area (Å²) in [4.78, 5) is 38.9. The van der Waals surface area contributed by atoms with E-state index in [2.05, 4.69) is 10.6 Å². The molecule has 0 radical (unpaired) electrons. The van der Waals surface area contributed by atoms with Crippen LogP contribution in [-0.2, 0) is 14.4 Å². The Bertz CT molecular complexity index is 480. The standard InChI is InChI=1S/C19H33N3O3/c1-4-9-20-18(24)17(21-16(23)12-13(2)3)14-7-10-22(11-8-14)19(25)15-5-6-15/h13-15,17H,4-12H2,1-3H3,(H,20,24)(H,21,23). The van der Waals surface area contributed by atoms with Gasteiger partial charge in [-0.3, -0.25) is 14.4 Å². The van der Waals surface area contributed by atoms with Crippen LogP contribution in [0.5, 0.6) is 0 Å². The van der Waals surface area contributed by atoms with Crippen LogP contribution in [0.15, 0.2) is 0 Å². The molecule has 0 spiro atoms. The quantitative estimate of drug-likeness (QED) is 0.698. The van der Waals surface area contributed by atoms with Crippen LogP contribution in [0.4, 0.5) is 0 Å². The molecule has 1 aliphatic carbocycles. The minimum atomic E-state index is -0.490. The molecule has 6 heteroatoms. The maximum atomic E-state index is 12.5. The summed E-state index contributed by atoms with van der Waals surface area (Å²) in [5.41, 5.74) is 0. The Morgan fingerprint density at radius 3 is 2.24 bits per heavy atom. The molecule has 2 aliphatic rings. The van der Waals surface area contributed by atoms with Gasteiger partial charge < -0.3 is 15.5 Å². The molecule has 3 amide bonds. The highest BCUT2D eigenvalue weighted by Gasteiger charge is 2.37. The molecule has 6 nitrogen and oxygen atoms in total. The smallest absolute Gasteiger partial charge is 0.242 e. The van der Waals surface area contributed by atoms with Gasteiger partial charge in [-0.25, -0.2) is 0 Å². The molecule has 2 rings (SSSR count). The molecular weight excluding hydrogens is 318 g/mol. The summed E-state index contributed by atoms with van der Waals surface area (Å²) in [6.45, 7) is 8.00. The summed E-state index contributed by atoms with van der Waals surface area (Å²) in [5.74, 6) is 0.711. The highest BCUT2D eigenvalue weighted by atomic mass is 16.2. The molecule has 1 saturated heterocycles. The summed E-state index contributed by atoms with van der Waals surface area (Å²) in [7, 11) is 0. The van der Waals surface area contributed by atoms with E-state index in [0.717, 1.165) is 32.1 Å². The van der Waals surface area contributed by atoms with Crippen LogP contribution in [0.3, 0.4) is 0 Å². The lowest BCUT2D eigenvalue weighted by Crippen LogP contribution is -2.54. The highest BCUT2D eigenvalue weighted by molar-refractivity contribution is 5.88. The predicted octanol–water partition coefficient (Wildman–Crippen LogP) is 1.69. The number of amides is 3. The van der Waals surface area contributed by atoms with Crippen molar-refractivity contribution in [1.82, 2.24) is 15.5 Å². The summed E-state index contributed by atoms with van der Waals surface area (Å²) >= 11 is 0. The van der Waals surface area contributed by atoms with Gasteiger partial charge in [-0.2, -0.15) is 0 Å². The number of carbonyl (C=O) groups is 3. The second-order valence-corrected chi connectivity index (χ2v) is 7.87. The number of nitrogens with one attached hydrogen (secondary N) is 2. The number of carbonyl (C=O) groups excluding carboxylic acids is 3. The Kier molecular flexibility index (Phi) is 7.26. The first-order valence-electron chi connectivity index (χ1n) is 9.78. The van der Waals surface area contributed by atoms with Crippen molar-refractivity contribution in [2.45, 2.75) is 65.3 Å². The molecule has 142 valence electrons. The molecule has 0 aromatic rings. The van der Waals surface area contributed by atoms with Crippen molar-refractivity contribution in [2.24, 2.45) is 17.8 Å². The predicted molar refractivity (Wildman–Crippen MR) is 96.7 cm³/mol. The van der Waals surface area contributed by atoms with Gasteiger partial charge in [0.1, 0.15) is 6.04 Å². The van der Waals surface area contributed by atoms with Crippen molar-refractivity contribution in [3.63, 3.8) is 0 Å². The first-order chi connectivity index (χ1) is 11.9. The number of hydrogen-bond donors (Lipinski definition) is 2. The average Bonchev–Trinajstić information content (AvgIpc) is 3.41. The maximum absolute atomic E-state index is 12.5. The molecular formula is C19H33N3O3. The summed E-state index contributed by atoms with van der Waals surface area (Å²) < 4.78 is 0. The molecule has 2 N–H and O–H groups in total. The van der Waals surface area contributed by atoms with Crippen molar-refractivity contribution in [1.29, 1.82) is 0 Å². The zero-order valence-corrected chi connectivity index (χ0v) is 15.8. The van der Waals surface area contributed by atoms with Gasteiger partial charge >= 0.3 is 0 Å². The monoisotopic (exact) mass is 351 g/mol. The molecule has 0 bridgehead atoms. The van der Waals surface area contributed by atoms with E-state index in [1.54, 1.807) is 0 Å². The second kappa shape index (κ2) is 9.20. The van der Waals surface area contributed by atoms with Crippen molar-refractivity contribution < 1.29 is 14.4 Å². The molecule has 1 atom stereocenters. The van der Waals surface area contributed by atoms with Crippen LogP contribution in [0.2, 0.25) is 0 Å². The van der Waals surface area contributed by atoms with E-state index >= 15 is 0 Å². The van der Waals surface area contributed by atoms with Crippen LogP contribution < -0.4 is 10.6 Å². The first-order valence-corrected chi connectivity index (χ1v) is 9.78. The van der Waals surface area contributed by atoms with Crippen LogP contribution >= 0.6 is 0 Å². The van der Waals surface area contributed by atoms with Crippen LogP contribution in [0.25, 0.3) is 0 Å². The summed E-state index contributed by atoms with van der Waals surface area (Å²) in [6, 6.07) is -0.490. The molecule has 2 fully saturated rings. The van der Waals surface area contributed by atoms with Gasteiger partial charge in [-0.15, -0.1) is 0 Å². The number of likely N-dealkylation sites (tertiary alicyclic amines) is 1. The highest BCUT2D eigenvalue weighted by Crippen LogP contribution is 2.33. The molecule has 1 saturated carbocycles. The fraction of sp³-hybridized carbons (Fsp3) is 0.842. The van der Waals surface area contributed by atoms with E-state index in [0.29, 0.717) is 26.1 Å². The van der Waals surface area contributed by atoms with Gasteiger partial charge in [0.15, 0.2) is 0 Å². The molecule has 1 aliphatic heterocycles. The zero-order valence-electron chi connectivity index (χ0n) is 15.8. The van der Waals surface area contributed by atoms with E-state index in [1.807, 2.05) is 25.7 Å². The summed E-state index contributed by atoms with van der Waals surface area (Å²) in [6.07, 6.45) is 4.87. The Hall–Kier alpha value is -1.59. The minimum absolute atomic E-state index is 0.0665. The number of hydrogen-bond acceptors (Lipinski definition) is 3. The van der Waals surface area contributed by atoms with Crippen LogP contribution in [0.1, 0.15) is 59.3 Å². The SMILES string of the molecule is CCCNC(=O)C(NC(=O)CC(C)C)C1CCN(C(=O)C2CC2)CC1. The summed E-state index contributed by atoms with van der Waals surface area (Å²) in [5, 5.41) is 5.87. The van der Waals surface area contributed by atoms with Gasteiger partial charge in [-0.1, -0.05) is 20.8 Å². The van der Waals surface area contributed by atoms with Gasteiger partial charge in [0.25, 0.3) is 0 Å². The van der Waals surface area contributed by atoms with Crippen molar-refractivity contribution >= 4 is 17.7 Å². The fourth-order valence-electron chi connectivity index (χ4n) is 3.40. The maximum Gasteiger partial charge on any atom is 0.242 e. The van der Waals surface area contributed by atoms with Gasteiger partial charge in [0.05, 0.1) is 0 Å². The topological polar surface area (TPSA) is 78.5 Å². The molecule has 0 aromatic carbocycles. The normalized spacial score (nSPS) is 19.6. The van der Waals surface area contributed by atoms with Crippen molar-refractivity contribution in [3.05, 3.63) is 0 Å². The third kappa shape index (κ3) is 6.01. The molecule has 0 aromatic heterocycles. The zero-order chi connectivity index (χ0) is 18.4. The fourth-order valence-corrected chi connectivity index (χ4v) is 3.40. The van der Waals surface area contributed by atoms with Crippen LogP contribution in [-0.4, -0.2) is 48.3 Å². The Morgan fingerprint density at radius 1 is 1.08 bits per heavy atom. The van der Waals surface area contributed by atoms with E-state index in [4.69, 9.17) is 0 Å². The van der Waals surface area contributed by atoms with Crippen LogP contribution in [0, 0.1) is 17.8 Å². The minimum Gasteiger partial charge on any atom is -0.354 e. The number of nitrogens with zero attached hydrogens (tertiary/aromatic N) is 1. The molecule has 1 unspecified atom stereocenters. The van der Waals surface area contributed by atoms with E-state index in [-0.39, 0.29) is 35.5 Å². The largest absolute Gasteiger partial charge is 0.354 e. The lowest BCUT2D eigenvalue weighted by Gasteiger charge is -2.36. The van der Waals surface area contributed by atoms with Gasteiger partial charge in [0, 0.05) is 32.0 Å². The first kappa shape index (κ1) is 19.7. The van der Waals surface area contributed by atoms with E-state index < -0.39 is 6.04 Å².